The summed E-state index contributed by atoms with van der Waals surface area (Å²) in [5, 5.41) is 34.9. The van der Waals surface area contributed by atoms with Crippen molar-refractivity contribution in [3.8, 4) is 0 Å². The van der Waals surface area contributed by atoms with E-state index in [1.165, 1.54) is 6.92 Å². The van der Waals surface area contributed by atoms with Crippen molar-refractivity contribution in [2.75, 3.05) is 0 Å². The van der Waals surface area contributed by atoms with Gasteiger partial charge >= 0.3 is 11.9 Å². The summed E-state index contributed by atoms with van der Waals surface area (Å²) in [7, 11) is 0. The molecule has 0 fully saturated rings. The first-order valence-electron chi connectivity index (χ1n) is 9.96. The third-order valence-electron chi connectivity index (χ3n) is 4.36. The highest BCUT2D eigenvalue weighted by Gasteiger charge is 2.33. The number of aliphatic carboxylic acids is 2. The number of amides is 3. The molecule has 0 spiro atoms. The number of aliphatic hydroxyl groups excluding tert-OH is 1. The van der Waals surface area contributed by atoms with Gasteiger partial charge in [0.1, 0.15) is 18.1 Å². The number of rotatable bonds is 13. The van der Waals surface area contributed by atoms with E-state index in [1.54, 1.807) is 27.7 Å². The summed E-state index contributed by atoms with van der Waals surface area (Å²) < 4.78 is 0. The zero-order valence-corrected chi connectivity index (χ0v) is 18.4. The van der Waals surface area contributed by atoms with Gasteiger partial charge in [-0.3, -0.25) is 19.2 Å². The molecule has 178 valence electrons. The normalized spacial score (nSPS) is 16.0. The lowest BCUT2D eigenvalue weighted by atomic mass is 10.00. The maximum Gasteiger partial charge on any atom is 0.326 e. The fourth-order valence-corrected chi connectivity index (χ4v) is 2.68. The zero-order valence-electron chi connectivity index (χ0n) is 18.4. The number of carboxylic acids is 2. The van der Waals surface area contributed by atoms with Crippen LogP contribution >= 0.6 is 0 Å². The van der Waals surface area contributed by atoms with Crippen LogP contribution in [0.25, 0.3) is 0 Å². The van der Waals surface area contributed by atoms with Gasteiger partial charge in [-0.2, -0.15) is 0 Å². The van der Waals surface area contributed by atoms with E-state index in [2.05, 4.69) is 16.0 Å². The minimum absolute atomic E-state index is 0.0537. The molecule has 0 aliphatic carbocycles. The number of carbonyl (C=O) groups is 5. The largest absolute Gasteiger partial charge is 0.481 e. The number of hydrogen-bond donors (Lipinski definition) is 7. The molecule has 3 amide bonds. The lowest BCUT2D eigenvalue weighted by Gasteiger charge is -2.27. The Bertz CT molecular complexity index is 665. The average molecular weight is 447 g/mol. The van der Waals surface area contributed by atoms with Crippen molar-refractivity contribution >= 4 is 29.7 Å². The molecule has 5 unspecified atom stereocenters. The molecule has 0 saturated carbocycles. The van der Waals surface area contributed by atoms with Gasteiger partial charge in [-0.1, -0.05) is 27.7 Å². The van der Waals surface area contributed by atoms with Crippen LogP contribution in [0.5, 0.6) is 0 Å². The fourth-order valence-electron chi connectivity index (χ4n) is 2.68. The maximum absolute atomic E-state index is 12.7. The van der Waals surface area contributed by atoms with Crippen molar-refractivity contribution in [2.24, 2.45) is 17.6 Å². The molecule has 0 bridgehead atoms. The van der Waals surface area contributed by atoms with Crippen molar-refractivity contribution in [3.63, 3.8) is 0 Å². The number of aliphatic hydroxyl groups is 1. The first-order valence-corrected chi connectivity index (χ1v) is 9.96. The Labute approximate surface area is 180 Å². The molecule has 5 atom stereocenters. The quantitative estimate of drug-likeness (QED) is 0.174. The van der Waals surface area contributed by atoms with E-state index in [4.69, 9.17) is 10.8 Å². The van der Waals surface area contributed by atoms with E-state index in [0.29, 0.717) is 0 Å². The van der Waals surface area contributed by atoms with Gasteiger partial charge in [-0.05, 0) is 25.2 Å². The van der Waals surface area contributed by atoms with Gasteiger partial charge in [0.05, 0.1) is 18.6 Å². The summed E-state index contributed by atoms with van der Waals surface area (Å²) in [5.74, 6) is -5.57. The second kappa shape index (κ2) is 12.8. The Balaban J connectivity index is 5.44. The molecular formula is C19H34N4O8. The van der Waals surface area contributed by atoms with E-state index in [-0.39, 0.29) is 12.3 Å². The first kappa shape index (κ1) is 28.3. The zero-order chi connectivity index (χ0) is 24.5. The smallest absolute Gasteiger partial charge is 0.326 e. The molecule has 31 heavy (non-hydrogen) atoms. The lowest BCUT2D eigenvalue weighted by molar-refractivity contribution is -0.143. The monoisotopic (exact) mass is 446 g/mol. The highest BCUT2D eigenvalue weighted by atomic mass is 16.4. The van der Waals surface area contributed by atoms with Crippen LogP contribution in [0.1, 0.15) is 47.5 Å². The molecule has 12 heteroatoms. The number of carbonyl (C=O) groups excluding carboxylic acids is 3. The van der Waals surface area contributed by atoms with Crippen LogP contribution in [0, 0.1) is 11.8 Å². The molecule has 0 aromatic carbocycles. The summed E-state index contributed by atoms with van der Waals surface area (Å²) in [4.78, 5) is 59.5. The van der Waals surface area contributed by atoms with Crippen molar-refractivity contribution in [1.29, 1.82) is 0 Å². The molecule has 0 rings (SSSR count). The van der Waals surface area contributed by atoms with E-state index in [1.807, 2.05) is 0 Å². The molecule has 0 radical (unpaired) electrons. The van der Waals surface area contributed by atoms with Crippen LogP contribution in [0.15, 0.2) is 0 Å². The van der Waals surface area contributed by atoms with Crippen LogP contribution in [-0.4, -0.2) is 75.3 Å². The second-order valence-electron chi connectivity index (χ2n) is 8.19. The number of nitrogens with two attached hydrogens (primary N) is 1. The molecular weight excluding hydrogens is 412 g/mol. The number of hydrogen-bond acceptors (Lipinski definition) is 7. The third kappa shape index (κ3) is 10.2. The van der Waals surface area contributed by atoms with Crippen LogP contribution in [-0.2, 0) is 24.0 Å². The van der Waals surface area contributed by atoms with Gasteiger partial charge in [0.25, 0.3) is 0 Å². The van der Waals surface area contributed by atoms with Gasteiger partial charge in [0, 0.05) is 0 Å². The summed E-state index contributed by atoms with van der Waals surface area (Å²) in [6, 6.07) is -5.24. The lowest BCUT2D eigenvalue weighted by Crippen LogP contribution is -2.60. The molecule has 0 aliphatic rings. The van der Waals surface area contributed by atoms with Crippen molar-refractivity contribution in [1.82, 2.24) is 16.0 Å². The van der Waals surface area contributed by atoms with Gasteiger partial charge in [-0.25, -0.2) is 4.79 Å². The van der Waals surface area contributed by atoms with E-state index in [0.717, 1.165) is 0 Å². The van der Waals surface area contributed by atoms with Crippen LogP contribution in [0.4, 0.5) is 0 Å². The predicted octanol–water partition coefficient (Wildman–Crippen LogP) is -1.59. The predicted molar refractivity (Wildman–Crippen MR) is 110 cm³/mol. The summed E-state index contributed by atoms with van der Waals surface area (Å²) in [6.07, 6.45) is -1.89. The Hall–Kier alpha value is -2.73. The molecule has 0 aromatic heterocycles. The minimum atomic E-state index is -1.50. The van der Waals surface area contributed by atoms with E-state index < -0.39 is 72.3 Å². The summed E-state index contributed by atoms with van der Waals surface area (Å²) in [6.45, 7) is 8.05. The highest BCUT2D eigenvalue weighted by Crippen LogP contribution is 2.09. The molecule has 0 aromatic rings. The van der Waals surface area contributed by atoms with Gasteiger partial charge < -0.3 is 37.0 Å². The van der Waals surface area contributed by atoms with Gasteiger partial charge in [0.15, 0.2) is 0 Å². The van der Waals surface area contributed by atoms with Crippen LogP contribution < -0.4 is 21.7 Å². The Morgan fingerprint density at radius 1 is 0.806 bits per heavy atom. The van der Waals surface area contributed by atoms with Crippen LogP contribution in [0.3, 0.4) is 0 Å². The Kier molecular flexibility index (Phi) is 11.7. The first-order chi connectivity index (χ1) is 14.2. The molecule has 0 heterocycles. The molecule has 8 N–H and O–H groups in total. The van der Waals surface area contributed by atoms with Crippen molar-refractivity contribution in [3.05, 3.63) is 0 Å². The third-order valence-corrected chi connectivity index (χ3v) is 4.36. The van der Waals surface area contributed by atoms with Crippen molar-refractivity contribution < 1.29 is 39.3 Å². The summed E-state index contributed by atoms with van der Waals surface area (Å²) >= 11 is 0. The van der Waals surface area contributed by atoms with E-state index >= 15 is 0 Å². The van der Waals surface area contributed by atoms with Crippen molar-refractivity contribution in [2.45, 2.75) is 77.7 Å². The molecule has 0 saturated heterocycles. The van der Waals surface area contributed by atoms with E-state index in [9.17, 15) is 34.2 Å². The van der Waals surface area contributed by atoms with Crippen LogP contribution in [0.2, 0.25) is 0 Å². The fraction of sp³-hybridized carbons (Fsp3) is 0.737. The Morgan fingerprint density at radius 2 is 1.32 bits per heavy atom. The minimum Gasteiger partial charge on any atom is -0.481 e. The molecule has 0 aliphatic heterocycles. The summed E-state index contributed by atoms with van der Waals surface area (Å²) in [5.41, 5.74) is 5.47. The number of carboxylic acid groups (broad SMARTS) is 2. The average Bonchev–Trinajstić information content (AvgIpc) is 2.60. The van der Waals surface area contributed by atoms with Gasteiger partial charge in [-0.15, -0.1) is 0 Å². The maximum atomic E-state index is 12.7. The second-order valence-corrected chi connectivity index (χ2v) is 8.19. The topological polar surface area (TPSA) is 208 Å². The SMILES string of the molecule is CC(C)CC(NC(=O)C(NC(=O)C(N)CC(=O)O)C(C)O)C(=O)NC(C(=O)O)C(C)C. The standard InChI is InChI=1S/C19H34N4O8/c1-8(2)6-12(17(28)22-14(9(3)4)19(30)31)21-18(29)15(10(5)24)23-16(27)11(20)7-13(25)26/h8-12,14-15,24H,6-7,20H2,1-5H3,(H,21,29)(H,22,28)(H,23,27)(H,25,26)(H,30,31). The number of nitrogens with one attached hydrogen (secondary N) is 3. The Morgan fingerprint density at radius 3 is 1.71 bits per heavy atom. The molecule has 12 nitrogen and oxygen atoms in total. The van der Waals surface area contributed by atoms with Gasteiger partial charge in [0.2, 0.25) is 17.7 Å². The highest BCUT2D eigenvalue weighted by molar-refractivity contribution is 5.95.